The van der Waals surface area contributed by atoms with Gasteiger partial charge < -0.3 is 4.74 Å². The van der Waals surface area contributed by atoms with Gasteiger partial charge in [0.2, 0.25) is 0 Å². The lowest BCUT2D eigenvalue weighted by molar-refractivity contribution is 0.488. The molecule has 7 aromatic rings. The predicted molar refractivity (Wildman–Crippen MR) is 173 cm³/mol. The molecule has 4 heteroatoms. The van der Waals surface area contributed by atoms with Crippen molar-refractivity contribution in [2.75, 3.05) is 0 Å². The highest BCUT2D eigenvalue weighted by molar-refractivity contribution is 5.92. The molecule has 0 N–H and O–H groups in total. The molecule has 1 aromatic heterocycles. The Morgan fingerprint density at radius 3 is 1.44 bits per heavy atom. The van der Waals surface area contributed by atoms with Crippen molar-refractivity contribution in [3.8, 4) is 79.0 Å². The minimum absolute atomic E-state index is 0.633. The first-order chi connectivity index (χ1) is 21.3. The molecular formula is C39H25N3O. The Kier molecular flexibility index (Phi) is 6.08. The Hall–Kier alpha value is -5.87. The van der Waals surface area contributed by atoms with Crippen LogP contribution >= 0.6 is 0 Å². The number of nitrogens with zero attached hydrogens (tertiary/aromatic N) is 3. The third-order valence-corrected chi connectivity index (χ3v) is 7.75. The average molecular weight is 552 g/mol. The lowest BCUT2D eigenvalue weighted by atomic mass is 9.92. The second-order valence-electron chi connectivity index (χ2n) is 10.5. The van der Waals surface area contributed by atoms with Crippen LogP contribution in [-0.2, 0) is 0 Å². The number of aromatic nitrogens is 3. The fourth-order valence-corrected chi connectivity index (χ4v) is 5.63. The third-order valence-electron chi connectivity index (χ3n) is 7.75. The number of para-hydroxylation sites is 1. The fourth-order valence-electron chi connectivity index (χ4n) is 5.63. The number of rotatable bonds is 4. The van der Waals surface area contributed by atoms with Gasteiger partial charge in [-0.15, -0.1) is 0 Å². The quantitative estimate of drug-likeness (QED) is 0.218. The molecule has 1 aliphatic rings. The van der Waals surface area contributed by atoms with Crippen LogP contribution in [0.5, 0.6) is 11.5 Å². The largest absolute Gasteiger partial charge is 0.456 e. The van der Waals surface area contributed by atoms with Gasteiger partial charge in [0.15, 0.2) is 17.5 Å². The van der Waals surface area contributed by atoms with E-state index in [2.05, 4.69) is 78.9 Å². The van der Waals surface area contributed by atoms with Crippen LogP contribution in [0.4, 0.5) is 0 Å². The van der Waals surface area contributed by atoms with Gasteiger partial charge in [-0.1, -0.05) is 127 Å². The monoisotopic (exact) mass is 551 g/mol. The zero-order valence-electron chi connectivity index (χ0n) is 23.2. The van der Waals surface area contributed by atoms with E-state index in [1.165, 1.54) is 0 Å². The van der Waals surface area contributed by atoms with Crippen LogP contribution in [0, 0.1) is 0 Å². The molecule has 43 heavy (non-hydrogen) atoms. The molecule has 0 unspecified atom stereocenters. The Morgan fingerprint density at radius 1 is 0.302 bits per heavy atom. The van der Waals surface area contributed by atoms with Crippen molar-refractivity contribution in [2.24, 2.45) is 0 Å². The van der Waals surface area contributed by atoms with Crippen molar-refractivity contribution in [1.29, 1.82) is 0 Å². The van der Waals surface area contributed by atoms with Gasteiger partial charge in [0.1, 0.15) is 11.5 Å². The second kappa shape index (κ2) is 10.5. The summed E-state index contributed by atoms with van der Waals surface area (Å²) in [4.78, 5) is 14.7. The first kappa shape index (κ1) is 24.9. The minimum atomic E-state index is 0.633. The summed E-state index contributed by atoms with van der Waals surface area (Å²) in [7, 11) is 0. The number of ether oxygens (including phenoxy) is 1. The molecule has 6 aromatic carbocycles. The van der Waals surface area contributed by atoms with E-state index in [4.69, 9.17) is 19.7 Å². The Balaban J connectivity index is 1.24. The maximum Gasteiger partial charge on any atom is 0.164 e. The molecule has 0 atom stereocenters. The number of hydrogen-bond acceptors (Lipinski definition) is 4. The van der Waals surface area contributed by atoms with Gasteiger partial charge in [0.05, 0.1) is 0 Å². The molecule has 2 heterocycles. The molecule has 4 nitrogen and oxygen atoms in total. The lowest BCUT2D eigenvalue weighted by Gasteiger charge is -2.13. The van der Waals surface area contributed by atoms with Crippen molar-refractivity contribution < 1.29 is 4.74 Å². The molecule has 0 aliphatic carbocycles. The van der Waals surface area contributed by atoms with Gasteiger partial charge >= 0.3 is 0 Å². The fraction of sp³-hybridized carbons (Fsp3) is 0. The van der Waals surface area contributed by atoms with E-state index >= 15 is 0 Å². The Labute approximate surface area is 250 Å². The molecule has 0 fully saturated rings. The van der Waals surface area contributed by atoms with Gasteiger partial charge in [0, 0.05) is 27.8 Å². The topological polar surface area (TPSA) is 47.9 Å². The van der Waals surface area contributed by atoms with Crippen molar-refractivity contribution in [2.45, 2.75) is 0 Å². The Bertz CT molecular complexity index is 2050. The van der Waals surface area contributed by atoms with E-state index in [9.17, 15) is 0 Å². The molecule has 0 spiro atoms. The second-order valence-corrected chi connectivity index (χ2v) is 10.5. The molecule has 0 radical (unpaired) electrons. The zero-order chi connectivity index (χ0) is 28.6. The number of fused-ring (bicyclic) bond motifs is 5. The Morgan fingerprint density at radius 2 is 0.767 bits per heavy atom. The van der Waals surface area contributed by atoms with Crippen molar-refractivity contribution in [1.82, 2.24) is 15.0 Å². The van der Waals surface area contributed by atoms with Gasteiger partial charge in [-0.2, -0.15) is 0 Å². The minimum Gasteiger partial charge on any atom is -0.456 e. The lowest BCUT2D eigenvalue weighted by Crippen LogP contribution is -2.00. The van der Waals surface area contributed by atoms with Gasteiger partial charge in [-0.3, -0.25) is 0 Å². The number of benzene rings is 6. The highest BCUT2D eigenvalue weighted by atomic mass is 16.5. The molecule has 0 saturated carbocycles. The first-order valence-corrected chi connectivity index (χ1v) is 14.3. The van der Waals surface area contributed by atoms with E-state index in [0.717, 1.165) is 61.6 Å². The predicted octanol–water partition coefficient (Wildman–Crippen LogP) is 9.98. The normalized spacial score (nSPS) is 11.4. The van der Waals surface area contributed by atoms with E-state index in [-0.39, 0.29) is 0 Å². The van der Waals surface area contributed by atoms with Crippen LogP contribution in [0.15, 0.2) is 152 Å². The van der Waals surface area contributed by atoms with Crippen LogP contribution in [0.3, 0.4) is 0 Å². The smallest absolute Gasteiger partial charge is 0.164 e. The maximum atomic E-state index is 6.45. The van der Waals surface area contributed by atoms with E-state index in [0.29, 0.717) is 17.5 Å². The van der Waals surface area contributed by atoms with Crippen LogP contribution in [0.2, 0.25) is 0 Å². The molecular weight excluding hydrogens is 526 g/mol. The summed E-state index contributed by atoms with van der Waals surface area (Å²) in [6.45, 7) is 0. The summed E-state index contributed by atoms with van der Waals surface area (Å²) in [6.07, 6.45) is 0. The average Bonchev–Trinajstić information content (AvgIpc) is 3.23. The third kappa shape index (κ3) is 4.65. The first-order valence-electron chi connectivity index (χ1n) is 14.3. The summed E-state index contributed by atoms with van der Waals surface area (Å²) in [5.41, 5.74) is 9.45. The molecule has 0 bridgehead atoms. The van der Waals surface area contributed by atoms with E-state index in [1.54, 1.807) is 0 Å². The summed E-state index contributed by atoms with van der Waals surface area (Å²) in [5.74, 6) is 3.63. The summed E-state index contributed by atoms with van der Waals surface area (Å²) in [6, 6.07) is 51.6. The standard InChI is InChI=1S/C39H25N3O/c1-3-12-26(13-4-1)37-40-38(27-14-5-2-6-15-27)42-39(41-37)30-17-11-16-28(24-30)29-22-23-36-34(25-29)32-19-8-7-18-31(32)33-20-9-10-21-35(33)43-36/h1-25H. The van der Waals surface area contributed by atoms with Crippen LogP contribution in [-0.4, -0.2) is 15.0 Å². The van der Waals surface area contributed by atoms with E-state index in [1.807, 2.05) is 72.8 Å². The summed E-state index contributed by atoms with van der Waals surface area (Å²) < 4.78 is 6.45. The maximum absolute atomic E-state index is 6.45. The highest BCUT2D eigenvalue weighted by Gasteiger charge is 2.21. The highest BCUT2D eigenvalue weighted by Crippen LogP contribution is 2.47. The van der Waals surface area contributed by atoms with Crippen LogP contribution < -0.4 is 4.74 Å². The molecule has 0 saturated heterocycles. The van der Waals surface area contributed by atoms with Gasteiger partial charge in [-0.05, 0) is 46.5 Å². The van der Waals surface area contributed by atoms with Crippen LogP contribution in [0.25, 0.3) is 67.5 Å². The van der Waals surface area contributed by atoms with Gasteiger partial charge in [-0.25, -0.2) is 15.0 Å². The van der Waals surface area contributed by atoms with Crippen LogP contribution in [0.1, 0.15) is 0 Å². The molecule has 8 rings (SSSR count). The van der Waals surface area contributed by atoms with Crippen molar-refractivity contribution >= 4 is 0 Å². The molecule has 1 aliphatic heterocycles. The SMILES string of the molecule is c1ccc(-c2nc(-c3ccccc3)nc(-c3cccc(-c4ccc5c(c4)-c4ccccc4-c4ccccc4O5)c3)n2)cc1. The van der Waals surface area contributed by atoms with E-state index < -0.39 is 0 Å². The summed E-state index contributed by atoms with van der Waals surface area (Å²) in [5, 5.41) is 0. The number of hydrogen-bond donors (Lipinski definition) is 0. The zero-order valence-corrected chi connectivity index (χ0v) is 23.2. The van der Waals surface area contributed by atoms with Crippen molar-refractivity contribution in [3.05, 3.63) is 152 Å². The molecule has 202 valence electrons. The van der Waals surface area contributed by atoms with Gasteiger partial charge in [0.25, 0.3) is 0 Å². The molecule has 0 amide bonds. The summed E-state index contributed by atoms with van der Waals surface area (Å²) >= 11 is 0. The van der Waals surface area contributed by atoms with Crippen molar-refractivity contribution in [3.63, 3.8) is 0 Å².